The molecule has 0 radical (unpaired) electrons. The minimum absolute atomic E-state index is 0.135. The van der Waals surface area contributed by atoms with Crippen LogP contribution >= 0.6 is 0 Å². The molecule has 0 fully saturated rings. The van der Waals surface area contributed by atoms with E-state index >= 15 is 0 Å². The van der Waals surface area contributed by atoms with Gasteiger partial charge in [-0.1, -0.05) is 30.3 Å². The van der Waals surface area contributed by atoms with Crippen molar-refractivity contribution >= 4 is 23.3 Å². The number of benzene rings is 2. The van der Waals surface area contributed by atoms with Gasteiger partial charge in [0.05, 0.1) is 11.3 Å². The second kappa shape index (κ2) is 10.2. The smallest absolute Gasteiger partial charge is 0.254 e. The molecular weight excluding hydrogens is 440 g/mol. The first-order valence-corrected chi connectivity index (χ1v) is 11.3. The highest BCUT2D eigenvalue weighted by molar-refractivity contribution is 6.01. The van der Waals surface area contributed by atoms with Gasteiger partial charge in [0.25, 0.3) is 5.91 Å². The van der Waals surface area contributed by atoms with E-state index in [1.54, 1.807) is 50.2 Å². The van der Waals surface area contributed by atoms with Crippen molar-refractivity contribution in [1.29, 1.82) is 0 Å². The summed E-state index contributed by atoms with van der Waals surface area (Å²) in [6, 6.07) is 20.4. The molecule has 1 atom stereocenters. The Kier molecular flexibility index (Phi) is 6.91. The zero-order valence-electron chi connectivity index (χ0n) is 20.2. The van der Waals surface area contributed by atoms with E-state index in [0.29, 0.717) is 17.1 Å². The van der Waals surface area contributed by atoms with Crippen LogP contribution in [-0.4, -0.2) is 51.6 Å². The summed E-state index contributed by atoms with van der Waals surface area (Å²) in [6.07, 6.45) is 3.43. The van der Waals surface area contributed by atoms with Crippen LogP contribution in [0.4, 0.5) is 11.5 Å². The molecule has 0 aliphatic rings. The van der Waals surface area contributed by atoms with Crippen molar-refractivity contribution in [1.82, 2.24) is 19.7 Å². The number of anilines is 2. The van der Waals surface area contributed by atoms with Crippen LogP contribution in [0.3, 0.4) is 0 Å². The van der Waals surface area contributed by atoms with Gasteiger partial charge in [-0.3, -0.25) is 14.3 Å². The van der Waals surface area contributed by atoms with Gasteiger partial charge in [0, 0.05) is 50.4 Å². The number of carbonyl (C=O) groups excluding carboxylic acids is 2. The largest absolute Gasteiger partial charge is 0.374 e. The topological polar surface area (TPSA) is 92.2 Å². The van der Waals surface area contributed by atoms with E-state index in [1.165, 1.54) is 4.90 Å². The minimum atomic E-state index is -0.560. The highest BCUT2D eigenvalue weighted by Gasteiger charge is 2.19. The number of pyridine rings is 1. The Bertz CT molecular complexity index is 1330. The fourth-order valence-electron chi connectivity index (χ4n) is 3.73. The van der Waals surface area contributed by atoms with Crippen LogP contribution in [0, 0.1) is 0 Å². The van der Waals surface area contributed by atoms with Gasteiger partial charge in [-0.25, -0.2) is 4.98 Å². The average molecular weight is 469 g/mol. The third-order valence-corrected chi connectivity index (χ3v) is 5.65. The molecule has 0 aliphatic carbocycles. The Morgan fingerprint density at radius 3 is 2.37 bits per heavy atom. The summed E-state index contributed by atoms with van der Waals surface area (Å²) >= 11 is 0. The predicted molar refractivity (Wildman–Crippen MR) is 138 cm³/mol. The van der Waals surface area contributed by atoms with Gasteiger partial charge in [-0.15, -0.1) is 0 Å². The molecule has 0 aliphatic heterocycles. The summed E-state index contributed by atoms with van der Waals surface area (Å²) in [5.74, 6) is 0.101. The van der Waals surface area contributed by atoms with E-state index < -0.39 is 6.04 Å². The molecule has 0 bridgehead atoms. The Hall–Kier alpha value is -4.46. The molecule has 8 nitrogen and oxygen atoms in total. The summed E-state index contributed by atoms with van der Waals surface area (Å²) < 4.78 is 1.72. The van der Waals surface area contributed by atoms with Crippen LogP contribution in [0.5, 0.6) is 0 Å². The molecule has 0 saturated carbocycles. The Labute approximate surface area is 204 Å². The van der Waals surface area contributed by atoms with Crippen molar-refractivity contribution in [3.8, 4) is 22.4 Å². The molecular formula is C27H28N6O2. The van der Waals surface area contributed by atoms with Gasteiger partial charge in [0.1, 0.15) is 11.9 Å². The maximum Gasteiger partial charge on any atom is 0.254 e. The summed E-state index contributed by atoms with van der Waals surface area (Å²) in [5, 5.41) is 10.2. The highest BCUT2D eigenvalue weighted by atomic mass is 16.2. The molecule has 4 aromatic rings. The van der Waals surface area contributed by atoms with Gasteiger partial charge in [-0.2, -0.15) is 5.10 Å². The summed E-state index contributed by atoms with van der Waals surface area (Å²) in [4.78, 5) is 31.6. The maximum atomic E-state index is 12.9. The first-order chi connectivity index (χ1) is 16.8. The molecule has 0 saturated heterocycles. The first kappa shape index (κ1) is 23.7. The standard InChI is InChI=1S/C27H28N6O2/c1-18(26(34)31-25-13-10-20(17-28-25)19-8-6-5-7-9-19)30-21-11-12-22(24-14-15-29-33(24)4)23(16-21)27(35)32(2)3/h5-18,30H,1-4H3,(H,28,31,34). The number of aryl methyl sites for hydroxylation is 1. The van der Waals surface area contributed by atoms with Crippen LogP contribution in [0.2, 0.25) is 0 Å². The summed E-state index contributed by atoms with van der Waals surface area (Å²) in [6.45, 7) is 1.76. The normalized spacial score (nSPS) is 11.5. The van der Waals surface area contributed by atoms with Gasteiger partial charge < -0.3 is 15.5 Å². The predicted octanol–water partition coefficient (Wildman–Crippen LogP) is 4.29. The Morgan fingerprint density at radius 1 is 0.971 bits per heavy atom. The van der Waals surface area contributed by atoms with Gasteiger partial charge in [0.2, 0.25) is 5.91 Å². The molecule has 4 rings (SSSR count). The van der Waals surface area contributed by atoms with Crippen LogP contribution in [-0.2, 0) is 11.8 Å². The molecule has 2 aromatic carbocycles. The number of nitrogens with zero attached hydrogens (tertiary/aromatic N) is 4. The van der Waals surface area contributed by atoms with Crippen LogP contribution in [0.25, 0.3) is 22.4 Å². The number of hydrogen-bond acceptors (Lipinski definition) is 5. The van der Waals surface area contributed by atoms with E-state index in [4.69, 9.17) is 0 Å². The van der Waals surface area contributed by atoms with Crippen molar-refractivity contribution in [3.05, 3.63) is 84.7 Å². The lowest BCUT2D eigenvalue weighted by Gasteiger charge is -2.19. The SMILES string of the molecule is CC(Nc1ccc(-c2ccnn2C)c(C(=O)N(C)C)c1)C(=O)Nc1ccc(-c2ccccc2)cn1. The molecule has 8 heteroatoms. The van der Waals surface area contributed by atoms with E-state index in [0.717, 1.165) is 22.4 Å². The molecule has 1 unspecified atom stereocenters. The lowest BCUT2D eigenvalue weighted by molar-refractivity contribution is -0.116. The van der Waals surface area contributed by atoms with Gasteiger partial charge in [-0.05, 0) is 48.9 Å². The van der Waals surface area contributed by atoms with E-state index in [2.05, 4.69) is 20.7 Å². The van der Waals surface area contributed by atoms with Gasteiger partial charge >= 0.3 is 0 Å². The van der Waals surface area contributed by atoms with Crippen molar-refractivity contribution < 1.29 is 9.59 Å². The summed E-state index contributed by atoms with van der Waals surface area (Å²) in [7, 11) is 5.25. The number of amides is 2. The number of rotatable bonds is 7. The van der Waals surface area contributed by atoms with E-state index in [-0.39, 0.29) is 11.8 Å². The summed E-state index contributed by atoms with van der Waals surface area (Å²) in [5.41, 5.74) is 4.82. The molecule has 2 heterocycles. The zero-order chi connectivity index (χ0) is 24.9. The molecule has 2 amide bonds. The van der Waals surface area contributed by atoms with Crippen LogP contribution < -0.4 is 10.6 Å². The second-order valence-electron chi connectivity index (χ2n) is 8.45. The fraction of sp³-hybridized carbons (Fsp3) is 0.185. The van der Waals surface area contributed by atoms with Crippen molar-refractivity contribution in [2.24, 2.45) is 7.05 Å². The third-order valence-electron chi connectivity index (χ3n) is 5.65. The zero-order valence-corrected chi connectivity index (χ0v) is 20.2. The van der Waals surface area contributed by atoms with Crippen LogP contribution in [0.1, 0.15) is 17.3 Å². The molecule has 35 heavy (non-hydrogen) atoms. The highest BCUT2D eigenvalue weighted by Crippen LogP contribution is 2.27. The van der Waals surface area contributed by atoms with Gasteiger partial charge in [0.15, 0.2) is 0 Å². The third kappa shape index (κ3) is 5.38. The number of nitrogens with one attached hydrogen (secondary N) is 2. The number of carbonyl (C=O) groups is 2. The van der Waals surface area contributed by atoms with E-state index in [1.807, 2.05) is 61.6 Å². The van der Waals surface area contributed by atoms with Crippen molar-refractivity contribution in [2.75, 3.05) is 24.7 Å². The van der Waals surface area contributed by atoms with Crippen molar-refractivity contribution in [2.45, 2.75) is 13.0 Å². The number of aromatic nitrogens is 3. The van der Waals surface area contributed by atoms with E-state index in [9.17, 15) is 9.59 Å². The Balaban J connectivity index is 1.48. The Morgan fingerprint density at radius 2 is 1.74 bits per heavy atom. The average Bonchev–Trinajstić information content (AvgIpc) is 3.30. The quantitative estimate of drug-likeness (QED) is 0.422. The fourth-order valence-corrected chi connectivity index (χ4v) is 3.73. The first-order valence-electron chi connectivity index (χ1n) is 11.3. The monoisotopic (exact) mass is 468 g/mol. The van der Waals surface area contributed by atoms with Crippen LogP contribution in [0.15, 0.2) is 79.1 Å². The minimum Gasteiger partial charge on any atom is -0.374 e. The van der Waals surface area contributed by atoms with Crippen molar-refractivity contribution in [3.63, 3.8) is 0 Å². The molecule has 2 aromatic heterocycles. The molecule has 178 valence electrons. The maximum absolute atomic E-state index is 12.9. The second-order valence-corrected chi connectivity index (χ2v) is 8.45. The number of hydrogen-bond donors (Lipinski definition) is 2. The lowest BCUT2D eigenvalue weighted by Crippen LogP contribution is -2.32. The molecule has 0 spiro atoms. The lowest BCUT2D eigenvalue weighted by atomic mass is 10.0. The molecule has 2 N–H and O–H groups in total.